The van der Waals surface area contributed by atoms with Crippen molar-refractivity contribution in [3.63, 3.8) is 0 Å². The van der Waals surface area contributed by atoms with Crippen molar-refractivity contribution in [1.82, 2.24) is 0 Å². The van der Waals surface area contributed by atoms with Gasteiger partial charge in [0.25, 0.3) is 5.24 Å². The molecule has 0 saturated carbocycles. The molecule has 23 heteroatoms. The number of hydrogen-bond donors (Lipinski definition) is 0. The Hall–Kier alpha value is -1.51. The minimum atomic E-state index is -9.25. The van der Waals surface area contributed by atoms with Gasteiger partial charge >= 0.3 is 59.5 Å². The topological polar surface area (TPSA) is 17.1 Å². The molecular formula is C11ClF21O. The number of rotatable bonds is 9. The van der Waals surface area contributed by atoms with Crippen LogP contribution < -0.4 is 0 Å². The summed E-state index contributed by atoms with van der Waals surface area (Å²) in [5.74, 6) is -78.7. The smallest absolute Gasteiger partial charge is 0.274 e. The summed E-state index contributed by atoms with van der Waals surface area (Å²) in [5, 5.41) is -4.08. The molecule has 0 aliphatic heterocycles. The highest BCUT2D eigenvalue weighted by molar-refractivity contribution is 6.65. The molecule has 0 N–H and O–H groups in total. The van der Waals surface area contributed by atoms with Crippen LogP contribution in [-0.4, -0.2) is 64.7 Å². The van der Waals surface area contributed by atoms with E-state index in [0.717, 1.165) is 0 Å². The van der Waals surface area contributed by atoms with Gasteiger partial charge in [-0.25, -0.2) is 0 Å². The lowest BCUT2D eigenvalue weighted by molar-refractivity contribution is -0.472. The van der Waals surface area contributed by atoms with Crippen LogP contribution in [0.2, 0.25) is 0 Å². The zero-order valence-electron chi connectivity index (χ0n) is 14.2. The number of hydrogen-bond acceptors (Lipinski definition) is 1. The van der Waals surface area contributed by atoms with Crippen molar-refractivity contribution in [3.05, 3.63) is 0 Å². The molecule has 0 bridgehead atoms. The van der Waals surface area contributed by atoms with Crippen molar-refractivity contribution in [1.29, 1.82) is 0 Å². The summed E-state index contributed by atoms with van der Waals surface area (Å²) in [5.41, 5.74) is 0. The number of carbonyl (C=O) groups excluding carboxylic acids is 1. The quantitative estimate of drug-likeness (QED) is 0.211. The monoisotopic (exact) mass is 582 g/mol. The second-order valence-corrected chi connectivity index (χ2v) is 6.28. The molecule has 0 fully saturated rings. The number of halogens is 22. The normalized spacial score (nSPS) is 16.6. The maximum absolute atomic E-state index is 13.3. The molecule has 0 saturated heterocycles. The van der Waals surface area contributed by atoms with Crippen LogP contribution in [0, 0.1) is 0 Å². The molecule has 0 rings (SSSR count). The van der Waals surface area contributed by atoms with E-state index in [1.165, 1.54) is 0 Å². The molecule has 204 valence electrons. The third kappa shape index (κ3) is 3.63. The van der Waals surface area contributed by atoms with E-state index in [-0.39, 0.29) is 0 Å². The Morgan fingerprint density at radius 3 is 0.706 bits per heavy atom. The summed E-state index contributed by atoms with van der Waals surface area (Å²) < 4.78 is 270. The van der Waals surface area contributed by atoms with Gasteiger partial charge in [0.1, 0.15) is 0 Å². The Morgan fingerprint density at radius 1 is 0.353 bits per heavy atom. The summed E-state index contributed by atoms with van der Waals surface area (Å²) in [6.07, 6.45) is -8.03. The second kappa shape index (κ2) is 7.74. The second-order valence-electron chi connectivity index (χ2n) is 5.94. The molecule has 0 atom stereocenters. The molecule has 0 aliphatic rings. The average molecular weight is 583 g/mol. The van der Waals surface area contributed by atoms with Crippen molar-refractivity contribution in [3.8, 4) is 0 Å². The first-order valence-corrected chi connectivity index (χ1v) is 7.24. The molecule has 1 nitrogen and oxygen atoms in total. The lowest BCUT2D eigenvalue weighted by Gasteiger charge is -2.44. The van der Waals surface area contributed by atoms with Gasteiger partial charge in [-0.1, -0.05) is 0 Å². The zero-order valence-corrected chi connectivity index (χ0v) is 15.0. The molecule has 34 heavy (non-hydrogen) atoms. The third-order valence-corrected chi connectivity index (χ3v) is 3.99. The first-order valence-electron chi connectivity index (χ1n) is 6.86. The standard InChI is InChI=1S/C11ClF21O/c12-1(34)2(13,14)3(15,16)4(17,18)5(19,20)6(21,22)7(23,24)8(25,26)9(27,28)10(29,30)11(31,32)33. The van der Waals surface area contributed by atoms with E-state index in [1.807, 2.05) is 0 Å². The molecule has 0 spiro atoms. The Bertz CT molecular complexity index is 791. The third-order valence-electron chi connectivity index (χ3n) is 3.76. The van der Waals surface area contributed by atoms with Crippen LogP contribution in [0.25, 0.3) is 0 Å². The van der Waals surface area contributed by atoms with E-state index in [1.54, 1.807) is 0 Å². The molecule has 0 aromatic rings. The van der Waals surface area contributed by atoms with Crippen molar-refractivity contribution >= 4 is 16.8 Å². The van der Waals surface area contributed by atoms with Crippen LogP contribution >= 0.6 is 11.6 Å². The van der Waals surface area contributed by atoms with Gasteiger partial charge in [0.05, 0.1) is 0 Å². The maximum Gasteiger partial charge on any atom is 0.460 e. The first kappa shape index (κ1) is 32.5. The summed E-state index contributed by atoms with van der Waals surface area (Å²) in [6, 6.07) is 0. The van der Waals surface area contributed by atoms with Crippen LogP contribution in [-0.2, 0) is 4.79 Å². The van der Waals surface area contributed by atoms with E-state index in [4.69, 9.17) is 0 Å². The Labute approximate surface area is 174 Å². The SMILES string of the molecule is O=C(Cl)C(F)(F)C(F)(F)C(F)(F)C(F)(F)C(F)(F)C(F)(F)C(F)(F)C(F)(F)C(F)(F)C(F)(F)F. The Balaban J connectivity index is 7.11. The fourth-order valence-electron chi connectivity index (χ4n) is 1.68. The van der Waals surface area contributed by atoms with Gasteiger partial charge in [-0.3, -0.25) is 4.79 Å². The molecular weight excluding hydrogens is 583 g/mol. The van der Waals surface area contributed by atoms with E-state index >= 15 is 0 Å². The maximum atomic E-state index is 13.3. The van der Waals surface area contributed by atoms with Crippen molar-refractivity contribution < 1.29 is 97.0 Å². The fourth-order valence-corrected chi connectivity index (χ4v) is 1.80. The van der Waals surface area contributed by atoms with E-state index < -0.39 is 64.7 Å². The molecule has 0 radical (unpaired) electrons. The van der Waals surface area contributed by atoms with Crippen LogP contribution in [0.4, 0.5) is 92.2 Å². The fraction of sp³-hybridized carbons (Fsp3) is 0.909. The number of alkyl halides is 21. The van der Waals surface area contributed by atoms with Crippen LogP contribution in [0.15, 0.2) is 0 Å². The van der Waals surface area contributed by atoms with Crippen LogP contribution in [0.1, 0.15) is 0 Å². The van der Waals surface area contributed by atoms with E-state index in [0.29, 0.717) is 0 Å². The predicted molar refractivity (Wildman–Crippen MR) is 61.4 cm³/mol. The van der Waals surface area contributed by atoms with Gasteiger partial charge in [-0.2, -0.15) is 92.2 Å². The van der Waals surface area contributed by atoms with Crippen molar-refractivity contribution in [2.75, 3.05) is 0 Å². The van der Waals surface area contributed by atoms with E-state index in [2.05, 4.69) is 11.6 Å². The van der Waals surface area contributed by atoms with Crippen molar-refractivity contribution in [2.24, 2.45) is 0 Å². The highest BCUT2D eigenvalue weighted by Crippen LogP contribution is 2.66. The lowest BCUT2D eigenvalue weighted by atomic mass is 9.86. The van der Waals surface area contributed by atoms with Crippen molar-refractivity contribution in [2.45, 2.75) is 59.5 Å². The highest BCUT2D eigenvalue weighted by Gasteiger charge is 2.98. The molecule has 0 heterocycles. The summed E-state index contributed by atoms with van der Waals surface area (Å²) >= 11 is 3.65. The molecule has 0 unspecified atom stereocenters. The first-order chi connectivity index (χ1) is 14.2. The molecule has 0 aromatic heterocycles. The average Bonchev–Trinajstić information content (AvgIpc) is 2.58. The van der Waals surface area contributed by atoms with Gasteiger partial charge in [-0.05, 0) is 11.6 Å². The summed E-state index contributed by atoms with van der Waals surface area (Å²) in [7, 11) is 0. The Morgan fingerprint density at radius 2 is 0.529 bits per heavy atom. The minimum Gasteiger partial charge on any atom is -0.274 e. The van der Waals surface area contributed by atoms with E-state index in [9.17, 15) is 97.0 Å². The minimum absolute atomic E-state index is 3.65. The summed E-state index contributed by atoms with van der Waals surface area (Å²) in [6.45, 7) is 0. The largest absolute Gasteiger partial charge is 0.460 e. The highest BCUT2D eigenvalue weighted by atomic mass is 35.5. The summed E-state index contributed by atoms with van der Waals surface area (Å²) in [4.78, 5) is 10.0. The van der Waals surface area contributed by atoms with Crippen LogP contribution in [0.3, 0.4) is 0 Å². The van der Waals surface area contributed by atoms with Gasteiger partial charge in [-0.15, -0.1) is 0 Å². The zero-order chi connectivity index (χ0) is 28.6. The Kier molecular flexibility index (Phi) is 7.40. The lowest BCUT2D eigenvalue weighted by Crippen LogP contribution is -2.77. The van der Waals surface area contributed by atoms with Gasteiger partial charge in [0.15, 0.2) is 0 Å². The predicted octanol–water partition coefficient (Wildman–Crippen LogP) is 7.03. The van der Waals surface area contributed by atoms with Gasteiger partial charge < -0.3 is 0 Å². The van der Waals surface area contributed by atoms with Crippen LogP contribution in [0.5, 0.6) is 0 Å². The molecule has 0 aromatic carbocycles. The number of carbonyl (C=O) groups is 1. The molecule has 0 amide bonds. The van der Waals surface area contributed by atoms with Gasteiger partial charge in [0.2, 0.25) is 0 Å². The molecule has 0 aliphatic carbocycles. The van der Waals surface area contributed by atoms with Gasteiger partial charge in [0, 0.05) is 0 Å².